The van der Waals surface area contributed by atoms with Gasteiger partial charge in [-0.2, -0.15) is 0 Å². The van der Waals surface area contributed by atoms with Gasteiger partial charge in [0.1, 0.15) is 13.2 Å². The topological polar surface area (TPSA) is 78.9 Å². The predicted molar refractivity (Wildman–Crippen MR) is 238 cm³/mol. The van der Waals surface area contributed by atoms with E-state index in [1.54, 1.807) is 0 Å². The molecule has 6 heteroatoms. The molecule has 0 fully saturated rings. The summed E-state index contributed by atoms with van der Waals surface area (Å²) in [5.74, 6) is -0.0204. The van der Waals surface area contributed by atoms with Crippen molar-refractivity contribution in [2.45, 2.75) is 284 Å². The molecular formula is C50H96O6. The molecule has 56 heavy (non-hydrogen) atoms. The lowest BCUT2D eigenvalue weighted by atomic mass is 10.0. The van der Waals surface area contributed by atoms with Crippen molar-refractivity contribution in [2.24, 2.45) is 5.92 Å². The predicted octanol–water partition coefficient (Wildman–Crippen LogP) is 15.9. The lowest BCUT2D eigenvalue weighted by Gasteiger charge is -2.18. The lowest BCUT2D eigenvalue weighted by molar-refractivity contribution is -0.167. The van der Waals surface area contributed by atoms with Crippen LogP contribution in [0.1, 0.15) is 278 Å². The molecule has 0 aliphatic heterocycles. The summed E-state index contributed by atoms with van der Waals surface area (Å²) in [6.45, 7) is 8.98. The Morgan fingerprint density at radius 3 is 0.875 bits per heavy atom. The van der Waals surface area contributed by atoms with Crippen LogP contribution < -0.4 is 0 Å². The van der Waals surface area contributed by atoms with Gasteiger partial charge in [-0.1, -0.05) is 240 Å². The average Bonchev–Trinajstić information content (AvgIpc) is 3.18. The van der Waals surface area contributed by atoms with Gasteiger partial charge < -0.3 is 14.2 Å². The molecule has 0 heterocycles. The van der Waals surface area contributed by atoms with Crippen LogP contribution in [0.3, 0.4) is 0 Å². The molecule has 6 nitrogen and oxygen atoms in total. The Balaban J connectivity index is 4.18. The number of rotatable bonds is 45. The van der Waals surface area contributed by atoms with E-state index >= 15 is 0 Å². The van der Waals surface area contributed by atoms with Crippen LogP contribution in [0.4, 0.5) is 0 Å². The average molecular weight is 793 g/mol. The number of ether oxygens (including phenoxy) is 3. The molecule has 0 saturated carbocycles. The van der Waals surface area contributed by atoms with Gasteiger partial charge in [-0.15, -0.1) is 0 Å². The van der Waals surface area contributed by atoms with Crippen molar-refractivity contribution in [1.29, 1.82) is 0 Å². The van der Waals surface area contributed by atoms with Gasteiger partial charge in [0.2, 0.25) is 0 Å². The van der Waals surface area contributed by atoms with E-state index in [-0.39, 0.29) is 31.1 Å². The molecule has 0 unspecified atom stereocenters. The molecule has 0 aromatic heterocycles. The van der Waals surface area contributed by atoms with E-state index in [1.807, 2.05) is 0 Å². The van der Waals surface area contributed by atoms with Crippen LogP contribution in [-0.2, 0) is 28.6 Å². The first-order valence-electron chi connectivity index (χ1n) is 24.9. The molecule has 0 spiro atoms. The van der Waals surface area contributed by atoms with E-state index in [2.05, 4.69) is 27.7 Å². The minimum Gasteiger partial charge on any atom is -0.462 e. The summed E-state index contributed by atoms with van der Waals surface area (Å²) in [6.07, 6.45) is 45.3. The van der Waals surface area contributed by atoms with Crippen molar-refractivity contribution in [3.8, 4) is 0 Å². The van der Waals surface area contributed by atoms with Gasteiger partial charge in [-0.05, 0) is 25.2 Å². The Morgan fingerprint density at radius 1 is 0.339 bits per heavy atom. The number of carbonyl (C=O) groups excluding carboxylic acids is 3. The third kappa shape index (κ3) is 43.5. The van der Waals surface area contributed by atoms with Gasteiger partial charge >= 0.3 is 17.9 Å². The van der Waals surface area contributed by atoms with Crippen LogP contribution >= 0.6 is 0 Å². The minimum atomic E-state index is -0.759. The van der Waals surface area contributed by atoms with E-state index in [9.17, 15) is 14.4 Å². The molecular weight excluding hydrogens is 697 g/mol. The summed E-state index contributed by atoms with van der Waals surface area (Å²) in [4.78, 5) is 37.7. The van der Waals surface area contributed by atoms with Crippen LogP contribution in [0.25, 0.3) is 0 Å². The second-order valence-corrected chi connectivity index (χ2v) is 17.6. The number of hydrogen-bond donors (Lipinski definition) is 0. The van der Waals surface area contributed by atoms with Gasteiger partial charge in [0.15, 0.2) is 6.10 Å². The van der Waals surface area contributed by atoms with Gasteiger partial charge in [0, 0.05) is 19.3 Å². The molecule has 0 aliphatic rings. The summed E-state index contributed by atoms with van der Waals surface area (Å²) < 4.78 is 16.7. The molecule has 0 N–H and O–H groups in total. The zero-order chi connectivity index (χ0) is 41.0. The first kappa shape index (κ1) is 54.4. The molecule has 0 amide bonds. The smallest absolute Gasteiger partial charge is 0.306 e. The van der Waals surface area contributed by atoms with Crippen molar-refractivity contribution < 1.29 is 28.6 Å². The second-order valence-electron chi connectivity index (χ2n) is 17.6. The van der Waals surface area contributed by atoms with Crippen LogP contribution in [0, 0.1) is 5.92 Å². The van der Waals surface area contributed by atoms with Gasteiger partial charge in [0.05, 0.1) is 0 Å². The van der Waals surface area contributed by atoms with Crippen molar-refractivity contribution >= 4 is 17.9 Å². The van der Waals surface area contributed by atoms with E-state index in [0.29, 0.717) is 19.3 Å². The summed E-state index contributed by atoms with van der Waals surface area (Å²) >= 11 is 0. The summed E-state index contributed by atoms with van der Waals surface area (Å²) in [6, 6.07) is 0. The fourth-order valence-electron chi connectivity index (χ4n) is 7.51. The summed E-state index contributed by atoms with van der Waals surface area (Å²) in [7, 11) is 0. The van der Waals surface area contributed by atoms with Crippen molar-refractivity contribution in [3.05, 3.63) is 0 Å². The van der Waals surface area contributed by atoms with E-state index in [4.69, 9.17) is 14.2 Å². The molecule has 0 saturated heterocycles. The van der Waals surface area contributed by atoms with Gasteiger partial charge in [0.25, 0.3) is 0 Å². The Bertz CT molecular complexity index is 841. The molecule has 0 rings (SSSR count). The van der Waals surface area contributed by atoms with Crippen LogP contribution in [0.15, 0.2) is 0 Å². The second kappa shape index (κ2) is 44.5. The van der Waals surface area contributed by atoms with Gasteiger partial charge in [-0.25, -0.2) is 0 Å². The maximum Gasteiger partial charge on any atom is 0.306 e. The number of hydrogen-bond acceptors (Lipinski definition) is 6. The summed E-state index contributed by atoms with van der Waals surface area (Å²) in [5, 5.41) is 0. The third-order valence-electron chi connectivity index (χ3n) is 11.3. The fourth-order valence-corrected chi connectivity index (χ4v) is 7.51. The Labute approximate surface area is 348 Å². The van der Waals surface area contributed by atoms with Crippen molar-refractivity contribution in [3.63, 3.8) is 0 Å². The normalized spacial score (nSPS) is 11.9. The van der Waals surface area contributed by atoms with Crippen LogP contribution in [-0.4, -0.2) is 37.2 Å². The van der Waals surface area contributed by atoms with Crippen molar-refractivity contribution in [2.75, 3.05) is 13.2 Å². The standard InChI is InChI=1S/C50H96O6/c1-5-7-9-11-13-14-15-16-17-18-19-23-26-30-33-37-41-48(51)54-44-47(56-50(53)43-39-35-28-12-10-8-6-2)45-55-49(52)42-38-34-31-27-24-21-20-22-25-29-32-36-40-46(3)4/h46-47H,5-45H2,1-4H3/t47-/m0/s1. The van der Waals surface area contributed by atoms with E-state index < -0.39 is 6.10 Å². The van der Waals surface area contributed by atoms with E-state index in [1.165, 1.54) is 173 Å². The van der Waals surface area contributed by atoms with Gasteiger partial charge in [-0.3, -0.25) is 14.4 Å². The molecule has 0 bridgehead atoms. The molecule has 0 aliphatic carbocycles. The summed E-state index contributed by atoms with van der Waals surface area (Å²) in [5.41, 5.74) is 0. The van der Waals surface area contributed by atoms with Crippen LogP contribution in [0.5, 0.6) is 0 Å². The third-order valence-corrected chi connectivity index (χ3v) is 11.3. The highest BCUT2D eigenvalue weighted by molar-refractivity contribution is 5.71. The quantitative estimate of drug-likeness (QED) is 0.0347. The monoisotopic (exact) mass is 793 g/mol. The first-order valence-corrected chi connectivity index (χ1v) is 24.9. The largest absolute Gasteiger partial charge is 0.462 e. The number of esters is 3. The maximum absolute atomic E-state index is 12.6. The first-order chi connectivity index (χ1) is 27.4. The Hall–Kier alpha value is -1.59. The molecule has 0 aromatic carbocycles. The highest BCUT2D eigenvalue weighted by Crippen LogP contribution is 2.17. The maximum atomic E-state index is 12.6. The molecule has 332 valence electrons. The molecule has 0 aromatic rings. The Kier molecular flexibility index (Phi) is 43.2. The number of carbonyl (C=O) groups is 3. The molecule has 1 atom stereocenters. The zero-order valence-corrected chi connectivity index (χ0v) is 38.1. The highest BCUT2D eigenvalue weighted by atomic mass is 16.6. The Morgan fingerprint density at radius 2 is 0.589 bits per heavy atom. The molecule has 0 radical (unpaired) electrons. The fraction of sp³-hybridized carbons (Fsp3) is 0.940. The van der Waals surface area contributed by atoms with Crippen molar-refractivity contribution in [1.82, 2.24) is 0 Å². The lowest BCUT2D eigenvalue weighted by Crippen LogP contribution is -2.30. The van der Waals surface area contributed by atoms with E-state index in [0.717, 1.165) is 63.7 Å². The van der Waals surface area contributed by atoms with Crippen LogP contribution in [0.2, 0.25) is 0 Å². The SMILES string of the molecule is CCCCCCCCCCCCCCCCCCC(=O)OC[C@@H](COC(=O)CCCCCCCCCCCCCCC(C)C)OC(=O)CCCCCCCCC. The zero-order valence-electron chi connectivity index (χ0n) is 38.1. The minimum absolute atomic E-state index is 0.0636. The highest BCUT2D eigenvalue weighted by Gasteiger charge is 2.19. The number of unbranched alkanes of at least 4 members (excludes halogenated alkanes) is 32.